The van der Waals surface area contributed by atoms with E-state index in [-0.39, 0.29) is 16.8 Å². The highest BCUT2D eigenvalue weighted by molar-refractivity contribution is 6.01. The second kappa shape index (κ2) is 6.55. The number of hydrogen-bond donors (Lipinski definition) is 2. The number of nitrogens with zero attached hydrogens (tertiary/aromatic N) is 2. The second-order valence-electron chi connectivity index (χ2n) is 8.30. The lowest BCUT2D eigenvalue weighted by Gasteiger charge is -2.29. The molecule has 3 N–H and O–H groups in total. The van der Waals surface area contributed by atoms with Crippen LogP contribution < -0.4 is 11.3 Å². The van der Waals surface area contributed by atoms with Crippen LogP contribution in [0.15, 0.2) is 41.3 Å². The van der Waals surface area contributed by atoms with E-state index in [9.17, 15) is 14.4 Å². The molecule has 7 heteroatoms. The molecule has 148 valence electrons. The van der Waals surface area contributed by atoms with Crippen molar-refractivity contribution in [3.8, 4) is 16.8 Å². The summed E-state index contributed by atoms with van der Waals surface area (Å²) in [7, 11) is 0. The van der Waals surface area contributed by atoms with Crippen LogP contribution in [0, 0.1) is 12.3 Å². The summed E-state index contributed by atoms with van der Waals surface area (Å²) in [5, 5.41) is 4.62. The van der Waals surface area contributed by atoms with E-state index in [1.54, 1.807) is 29.1 Å². The summed E-state index contributed by atoms with van der Waals surface area (Å²) in [5.74, 6) is -0.456. The first-order valence-electron chi connectivity index (χ1n) is 9.41. The number of rotatable bonds is 3. The minimum atomic E-state index is -0.562. The maximum absolute atomic E-state index is 12.7. The largest absolute Gasteiger partial charge is 0.366 e. The Bertz CT molecular complexity index is 1200. The number of carbonyl (C=O) groups excluding carboxylic acids is 2. The van der Waals surface area contributed by atoms with Gasteiger partial charge in [0, 0.05) is 24.2 Å². The highest BCUT2D eigenvalue weighted by Crippen LogP contribution is 2.37. The Morgan fingerprint density at radius 1 is 1.17 bits per heavy atom. The van der Waals surface area contributed by atoms with Gasteiger partial charge in [-0.1, -0.05) is 13.8 Å². The maximum Gasteiger partial charge on any atom is 0.249 e. The van der Waals surface area contributed by atoms with E-state index in [4.69, 9.17) is 5.73 Å². The van der Waals surface area contributed by atoms with E-state index in [1.165, 1.54) is 6.07 Å². The van der Waals surface area contributed by atoms with Gasteiger partial charge in [0.2, 0.25) is 11.5 Å². The molecule has 7 nitrogen and oxygen atoms in total. The molecule has 1 aliphatic rings. The zero-order valence-electron chi connectivity index (χ0n) is 16.6. The predicted octanol–water partition coefficient (Wildman–Crippen LogP) is 2.79. The SMILES string of the molecule is Cc1nn(-c2ccc(C(N)=O)c(-c3ccc(=O)[nH]c3)c2)c2c1C(=O)CC(C)(C)C2. The number of aromatic nitrogens is 3. The summed E-state index contributed by atoms with van der Waals surface area (Å²) in [4.78, 5) is 38.7. The van der Waals surface area contributed by atoms with Crippen LogP contribution in [0.3, 0.4) is 0 Å². The first-order valence-corrected chi connectivity index (χ1v) is 9.41. The summed E-state index contributed by atoms with van der Waals surface area (Å²) in [6.07, 6.45) is 2.76. The average Bonchev–Trinajstić information content (AvgIpc) is 2.97. The Balaban J connectivity index is 1.92. The molecule has 0 fully saturated rings. The number of Topliss-reactive ketones (excluding diaryl/α,β-unsaturated/α-hetero) is 1. The number of pyridine rings is 1. The van der Waals surface area contributed by atoms with Gasteiger partial charge in [0.25, 0.3) is 0 Å². The Kier molecular flexibility index (Phi) is 4.26. The number of benzene rings is 1. The molecule has 2 aromatic heterocycles. The molecule has 0 unspecified atom stereocenters. The third kappa shape index (κ3) is 3.29. The molecule has 3 aromatic rings. The molecule has 1 aliphatic carbocycles. The van der Waals surface area contributed by atoms with E-state index in [2.05, 4.69) is 23.9 Å². The molecule has 0 saturated carbocycles. The van der Waals surface area contributed by atoms with Gasteiger partial charge < -0.3 is 10.7 Å². The Hall–Kier alpha value is -3.48. The molecule has 1 aromatic carbocycles. The second-order valence-corrected chi connectivity index (χ2v) is 8.30. The first-order chi connectivity index (χ1) is 13.7. The van der Waals surface area contributed by atoms with Crippen molar-refractivity contribution < 1.29 is 9.59 Å². The third-order valence-corrected chi connectivity index (χ3v) is 5.33. The van der Waals surface area contributed by atoms with Gasteiger partial charge in [-0.15, -0.1) is 0 Å². The number of carbonyl (C=O) groups is 2. The van der Waals surface area contributed by atoms with E-state index >= 15 is 0 Å². The number of primary amides is 1. The molecule has 2 heterocycles. The van der Waals surface area contributed by atoms with E-state index in [0.717, 1.165) is 17.8 Å². The highest BCUT2D eigenvalue weighted by atomic mass is 16.1. The van der Waals surface area contributed by atoms with E-state index < -0.39 is 5.91 Å². The van der Waals surface area contributed by atoms with Gasteiger partial charge in [-0.05, 0) is 54.2 Å². The van der Waals surface area contributed by atoms with Gasteiger partial charge in [-0.2, -0.15) is 5.10 Å². The molecular weight excluding hydrogens is 368 g/mol. The normalized spacial score (nSPS) is 15.2. The van der Waals surface area contributed by atoms with E-state index in [0.29, 0.717) is 34.4 Å². The molecular formula is C22H22N4O3. The third-order valence-electron chi connectivity index (χ3n) is 5.33. The van der Waals surface area contributed by atoms with Crippen LogP contribution in [0.2, 0.25) is 0 Å². The van der Waals surface area contributed by atoms with Gasteiger partial charge in [-0.25, -0.2) is 4.68 Å². The molecule has 29 heavy (non-hydrogen) atoms. The number of aromatic amines is 1. The molecule has 0 aliphatic heterocycles. The summed E-state index contributed by atoms with van der Waals surface area (Å²) in [6.45, 7) is 5.98. The Morgan fingerprint density at radius 3 is 2.59 bits per heavy atom. The molecule has 0 spiro atoms. The van der Waals surface area contributed by atoms with Crippen molar-refractivity contribution in [3.05, 3.63) is 69.4 Å². The summed E-state index contributed by atoms with van der Waals surface area (Å²) < 4.78 is 1.78. The van der Waals surface area contributed by atoms with Crippen LogP contribution in [0.25, 0.3) is 16.8 Å². The fourth-order valence-electron chi connectivity index (χ4n) is 4.05. The van der Waals surface area contributed by atoms with Crippen LogP contribution in [0.1, 0.15) is 52.4 Å². The fraction of sp³-hybridized carbons (Fsp3) is 0.273. The van der Waals surface area contributed by atoms with Gasteiger partial charge in [0.1, 0.15) is 0 Å². The lowest BCUT2D eigenvalue weighted by Crippen LogP contribution is -2.28. The number of ketones is 1. The number of aryl methyl sites for hydroxylation is 1. The molecule has 1 amide bonds. The topological polar surface area (TPSA) is 111 Å². The van der Waals surface area contributed by atoms with Crippen molar-refractivity contribution in [2.75, 3.05) is 0 Å². The standard InChI is InChI=1S/C22H22N4O3/c1-12-20-17(9-22(2,3)10-18(20)27)26(25-12)14-5-6-15(21(23)29)16(8-14)13-4-7-19(28)24-11-13/h4-8,11H,9-10H2,1-3H3,(H2,23,29)(H,24,28). The molecule has 4 rings (SSSR count). The van der Waals surface area contributed by atoms with Crippen molar-refractivity contribution >= 4 is 11.7 Å². The van der Waals surface area contributed by atoms with Crippen molar-refractivity contribution in [1.29, 1.82) is 0 Å². The Morgan fingerprint density at radius 2 is 1.93 bits per heavy atom. The summed E-state index contributed by atoms with van der Waals surface area (Å²) in [6, 6.07) is 8.27. The van der Waals surface area contributed by atoms with Crippen molar-refractivity contribution in [2.45, 2.75) is 33.6 Å². The van der Waals surface area contributed by atoms with Crippen LogP contribution in [-0.4, -0.2) is 26.5 Å². The minimum absolute atomic E-state index is 0.106. The summed E-state index contributed by atoms with van der Waals surface area (Å²) in [5.41, 5.74) is 9.77. The van der Waals surface area contributed by atoms with E-state index in [1.807, 2.05) is 13.0 Å². The van der Waals surface area contributed by atoms with Crippen molar-refractivity contribution in [2.24, 2.45) is 11.1 Å². The predicted molar refractivity (Wildman–Crippen MR) is 109 cm³/mol. The minimum Gasteiger partial charge on any atom is -0.366 e. The quantitative estimate of drug-likeness (QED) is 0.716. The summed E-state index contributed by atoms with van der Waals surface area (Å²) >= 11 is 0. The average molecular weight is 390 g/mol. The number of nitrogens with two attached hydrogens (primary N) is 1. The molecule has 0 bridgehead atoms. The van der Waals surface area contributed by atoms with Gasteiger partial charge in [0.05, 0.1) is 22.6 Å². The van der Waals surface area contributed by atoms with Crippen LogP contribution in [0.4, 0.5) is 0 Å². The molecule has 0 saturated heterocycles. The monoisotopic (exact) mass is 390 g/mol. The lowest BCUT2D eigenvalue weighted by atomic mass is 9.75. The van der Waals surface area contributed by atoms with Gasteiger partial charge in [-0.3, -0.25) is 14.4 Å². The van der Waals surface area contributed by atoms with Crippen LogP contribution in [-0.2, 0) is 6.42 Å². The van der Waals surface area contributed by atoms with Crippen molar-refractivity contribution in [1.82, 2.24) is 14.8 Å². The fourth-order valence-corrected chi connectivity index (χ4v) is 4.05. The van der Waals surface area contributed by atoms with Crippen molar-refractivity contribution in [3.63, 3.8) is 0 Å². The van der Waals surface area contributed by atoms with Crippen LogP contribution >= 0.6 is 0 Å². The Labute approximate surface area is 167 Å². The first kappa shape index (κ1) is 18.9. The zero-order valence-corrected chi connectivity index (χ0v) is 16.6. The zero-order chi connectivity index (χ0) is 20.9. The van der Waals surface area contributed by atoms with Gasteiger partial charge in [0.15, 0.2) is 5.78 Å². The molecule has 0 radical (unpaired) electrons. The number of hydrogen-bond acceptors (Lipinski definition) is 4. The number of nitrogens with one attached hydrogen (secondary N) is 1. The van der Waals surface area contributed by atoms with Crippen LogP contribution in [0.5, 0.6) is 0 Å². The highest BCUT2D eigenvalue weighted by Gasteiger charge is 2.35. The van der Waals surface area contributed by atoms with Gasteiger partial charge >= 0.3 is 0 Å². The smallest absolute Gasteiger partial charge is 0.249 e. The maximum atomic E-state index is 12.7. The number of amides is 1. The lowest BCUT2D eigenvalue weighted by molar-refractivity contribution is 0.0909. The number of fused-ring (bicyclic) bond motifs is 1. The number of H-pyrrole nitrogens is 1. The molecule has 0 atom stereocenters.